The average Bonchev–Trinajstić information content (AvgIpc) is 2.17. The highest BCUT2D eigenvalue weighted by Crippen LogP contribution is 2.30. The van der Waals surface area contributed by atoms with E-state index in [9.17, 15) is 21.6 Å². The number of nitrogens with zero attached hydrogens (tertiary/aromatic N) is 1. The van der Waals surface area contributed by atoms with Gasteiger partial charge in [-0.25, -0.2) is 18.5 Å². The number of nitrogen functional groups attached to an aromatic ring is 1. The molecule has 0 radical (unpaired) electrons. The Morgan fingerprint density at radius 2 is 2.00 bits per heavy atom. The molecule has 0 atom stereocenters. The second-order valence-corrected chi connectivity index (χ2v) is 5.18. The van der Waals surface area contributed by atoms with Crippen molar-refractivity contribution < 1.29 is 21.6 Å². The first-order valence-electron chi connectivity index (χ1n) is 4.66. The van der Waals surface area contributed by atoms with Crippen molar-refractivity contribution in [3.05, 3.63) is 18.0 Å². The molecule has 18 heavy (non-hydrogen) atoms. The molecule has 5 N–H and O–H groups in total. The van der Waals surface area contributed by atoms with E-state index in [-0.39, 0.29) is 17.9 Å². The van der Waals surface area contributed by atoms with E-state index in [4.69, 9.17) is 10.9 Å². The normalized spacial score (nSPS) is 12.4. The Hall–Kier alpha value is -1.55. The van der Waals surface area contributed by atoms with Crippen LogP contribution in [0.4, 0.5) is 24.5 Å². The molecule has 6 nitrogen and oxygen atoms in total. The lowest BCUT2D eigenvalue weighted by molar-refractivity contribution is -0.141. The van der Waals surface area contributed by atoms with Crippen LogP contribution >= 0.6 is 0 Å². The first-order chi connectivity index (χ1) is 8.09. The summed E-state index contributed by atoms with van der Waals surface area (Å²) in [7, 11) is -3.69. The topological polar surface area (TPSA) is 111 Å². The highest BCUT2D eigenvalue weighted by molar-refractivity contribution is 7.89. The molecule has 0 spiro atoms. The van der Waals surface area contributed by atoms with Gasteiger partial charge in [-0.1, -0.05) is 0 Å². The first kappa shape index (κ1) is 14.5. The van der Waals surface area contributed by atoms with Crippen molar-refractivity contribution in [2.75, 3.05) is 23.3 Å². The minimum atomic E-state index is -4.59. The van der Waals surface area contributed by atoms with Gasteiger partial charge in [-0.2, -0.15) is 13.2 Å². The summed E-state index contributed by atoms with van der Waals surface area (Å²) in [5.41, 5.74) is 4.24. The lowest BCUT2D eigenvalue weighted by atomic mass is 10.2. The van der Waals surface area contributed by atoms with Crippen LogP contribution in [0.1, 0.15) is 5.69 Å². The van der Waals surface area contributed by atoms with Crippen LogP contribution < -0.4 is 16.2 Å². The molecule has 1 aromatic rings. The lowest BCUT2D eigenvalue weighted by Gasteiger charge is -2.11. The van der Waals surface area contributed by atoms with Crippen LogP contribution in [-0.2, 0) is 16.2 Å². The summed E-state index contributed by atoms with van der Waals surface area (Å²) in [6.45, 7) is -0.148. The molecule has 0 aliphatic heterocycles. The van der Waals surface area contributed by atoms with Gasteiger partial charge in [0.25, 0.3) is 0 Å². The monoisotopic (exact) mass is 284 g/mol. The highest BCUT2D eigenvalue weighted by Gasteiger charge is 2.32. The molecule has 102 valence electrons. The molecule has 0 saturated heterocycles. The van der Waals surface area contributed by atoms with Crippen molar-refractivity contribution in [1.82, 2.24) is 4.98 Å². The van der Waals surface area contributed by atoms with Gasteiger partial charge in [0.15, 0.2) is 0 Å². The van der Waals surface area contributed by atoms with Crippen molar-refractivity contribution in [3.63, 3.8) is 0 Å². The van der Waals surface area contributed by atoms with Gasteiger partial charge in [0.2, 0.25) is 10.0 Å². The third kappa shape index (κ3) is 4.37. The number of nitrogens with two attached hydrogens (primary N) is 2. The number of hydrogen-bond acceptors (Lipinski definition) is 5. The minimum Gasteiger partial charge on any atom is -0.396 e. The summed E-state index contributed by atoms with van der Waals surface area (Å²) in [6, 6.07) is 0.707. The van der Waals surface area contributed by atoms with E-state index in [1.807, 2.05) is 0 Å². The number of aromatic nitrogens is 1. The highest BCUT2D eigenvalue weighted by atomic mass is 32.2. The predicted octanol–water partition coefficient (Wildman–Crippen LogP) is 0.383. The summed E-state index contributed by atoms with van der Waals surface area (Å²) in [4.78, 5) is 3.13. The lowest BCUT2D eigenvalue weighted by Crippen LogP contribution is -2.23. The Morgan fingerprint density at radius 1 is 1.39 bits per heavy atom. The molecule has 10 heteroatoms. The van der Waals surface area contributed by atoms with Crippen molar-refractivity contribution in [2.45, 2.75) is 6.18 Å². The van der Waals surface area contributed by atoms with Gasteiger partial charge in [0.05, 0.1) is 23.3 Å². The van der Waals surface area contributed by atoms with Gasteiger partial charge in [-0.3, -0.25) is 0 Å². The summed E-state index contributed by atoms with van der Waals surface area (Å²) >= 11 is 0. The second kappa shape index (κ2) is 4.98. The van der Waals surface area contributed by atoms with Crippen molar-refractivity contribution in [1.29, 1.82) is 0 Å². The van der Waals surface area contributed by atoms with Gasteiger partial charge in [-0.05, 0) is 6.07 Å². The molecule has 0 fully saturated rings. The third-order valence-corrected chi connectivity index (χ3v) is 2.70. The SMILES string of the molecule is Nc1cnc(C(F)(F)F)cc1NCCS(N)(=O)=O. The second-order valence-electron chi connectivity index (χ2n) is 3.45. The maximum atomic E-state index is 12.4. The quantitative estimate of drug-likeness (QED) is 0.740. The number of nitrogens with one attached hydrogen (secondary N) is 1. The minimum absolute atomic E-state index is 0.0163. The zero-order chi connectivity index (χ0) is 14.0. The van der Waals surface area contributed by atoms with E-state index < -0.39 is 27.6 Å². The molecule has 0 unspecified atom stereocenters. The Kier molecular flexibility index (Phi) is 4.02. The maximum Gasteiger partial charge on any atom is 0.433 e. The molecule has 0 aliphatic carbocycles. The van der Waals surface area contributed by atoms with E-state index in [1.54, 1.807) is 0 Å². The van der Waals surface area contributed by atoms with Gasteiger partial charge in [-0.15, -0.1) is 0 Å². The first-order valence-corrected chi connectivity index (χ1v) is 6.38. The van der Waals surface area contributed by atoms with Crippen LogP contribution in [0.3, 0.4) is 0 Å². The Labute approximate surface area is 101 Å². The van der Waals surface area contributed by atoms with Crippen molar-refractivity contribution in [2.24, 2.45) is 5.14 Å². The van der Waals surface area contributed by atoms with Gasteiger partial charge in [0.1, 0.15) is 5.69 Å². The van der Waals surface area contributed by atoms with E-state index in [0.717, 1.165) is 6.20 Å². The largest absolute Gasteiger partial charge is 0.433 e. The molecular weight excluding hydrogens is 273 g/mol. The number of anilines is 2. The summed E-state index contributed by atoms with van der Waals surface area (Å²) in [5, 5.41) is 7.20. The van der Waals surface area contributed by atoms with Gasteiger partial charge >= 0.3 is 6.18 Å². The predicted molar refractivity (Wildman–Crippen MR) is 60.1 cm³/mol. The number of rotatable bonds is 4. The van der Waals surface area contributed by atoms with E-state index in [0.29, 0.717) is 6.07 Å². The summed E-state index contributed by atoms with van der Waals surface area (Å²) in [5.74, 6) is -0.421. The Bertz CT molecular complexity index is 530. The van der Waals surface area contributed by atoms with E-state index in [1.165, 1.54) is 0 Å². The van der Waals surface area contributed by atoms with E-state index >= 15 is 0 Å². The van der Waals surface area contributed by atoms with Crippen LogP contribution in [0.15, 0.2) is 12.3 Å². The van der Waals surface area contributed by atoms with Gasteiger partial charge < -0.3 is 11.1 Å². The molecule has 1 rings (SSSR count). The van der Waals surface area contributed by atoms with Crippen LogP contribution in [-0.4, -0.2) is 25.7 Å². The fourth-order valence-corrected chi connectivity index (χ4v) is 1.49. The average molecular weight is 284 g/mol. The number of pyridine rings is 1. The third-order valence-electron chi connectivity index (χ3n) is 1.93. The number of hydrogen-bond donors (Lipinski definition) is 3. The maximum absolute atomic E-state index is 12.4. The zero-order valence-corrected chi connectivity index (χ0v) is 9.85. The smallest absolute Gasteiger partial charge is 0.396 e. The molecule has 1 aromatic heterocycles. The number of halogens is 3. The summed E-state index contributed by atoms with van der Waals surface area (Å²) < 4.78 is 58.4. The molecule has 0 saturated carbocycles. The van der Waals surface area contributed by atoms with Crippen LogP contribution in [0.2, 0.25) is 0 Å². The molecule has 1 heterocycles. The zero-order valence-electron chi connectivity index (χ0n) is 9.03. The van der Waals surface area contributed by atoms with E-state index in [2.05, 4.69) is 10.3 Å². The van der Waals surface area contributed by atoms with Crippen molar-refractivity contribution in [3.8, 4) is 0 Å². The summed E-state index contributed by atoms with van der Waals surface area (Å²) in [6.07, 6.45) is -3.74. The number of sulfonamides is 1. The van der Waals surface area contributed by atoms with Crippen molar-refractivity contribution >= 4 is 21.4 Å². The fourth-order valence-electron chi connectivity index (χ4n) is 1.10. The number of primary sulfonamides is 1. The molecule has 0 aliphatic rings. The Balaban J connectivity index is 2.82. The molecule has 0 bridgehead atoms. The Morgan fingerprint density at radius 3 is 2.50 bits per heavy atom. The fraction of sp³-hybridized carbons (Fsp3) is 0.375. The standard InChI is InChI=1S/C8H11F3N4O2S/c9-8(10,11)7-3-6(5(12)4-15-7)14-1-2-18(13,16)17/h3-4H,1-2,12H2,(H,14,15)(H2,13,16,17). The molecule has 0 amide bonds. The molecular formula is C8H11F3N4O2S. The number of alkyl halides is 3. The van der Waals surface area contributed by atoms with Crippen LogP contribution in [0.5, 0.6) is 0 Å². The van der Waals surface area contributed by atoms with Crippen LogP contribution in [0.25, 0.3) is 0 Å². The van der Waals surface area contributed by atoms with Crippen LogP contribution in [0, 0.1) is 0 Å². The molecule has 0 aromatic carbocycles. The van der Waals surface area contributed by atoms with Gasteiger partial charge in [0, 0.05) is 6.54 Å².